The Morgan fingerprint density at radius 3 is 3.00 bits per heavy atom. The molecular weight excluding hydrogens is 152 g/mol. The molecule has 0 unspecified atom stereocenters. The first-order valence-electron chi connectivity index (χ1n) is 2.63. The van der Waals surface area contributed by atoms with Gasteiger partial charge in [-0.25, -0.2) is 4.98 Å². The summed E-state index contributed by atoms with van der Waals surface area (Å²) in [5, 5.41) is 8.87. The fourth-order valence-electron chi connectivity index (χ4n) is 0.585. The molecule has 0 amide bonds. The Morgan fingerprint density at radius 1 is 1.90 bits per heavy atom. The van der Waals surface area contributed by atoms with Crippen molar-refractivity contribution in [1.29, 1.82) is 0 Å². The van der Waals surface area contributed by atoms with Gasteiger partial charge in [0.25, 0.3) is 0 Å². The third-order valence-corrected chi connectivity index (χ3v) is 1.16. The number of hydrogen-bond acceptors (Lipinski definition) is 3. The predicted octanol–water partition coefficient (Wildman–Crippen LogP) is 0.326. The molecule has 1 rings (SSSR count). The van der Waals surface area contributed by atoms with Crippen LogP contribution in [0.3, 0.4) is 0 Å². The van der Waals surface area contributed by atoms with Crippen molar-refractivity contribution >= 4 is 18.6 Å². The van der Waals surface area contributed by atoms with Gasteiger partial charge in [0, 0.05) is 0 Å². The van der Waals surface area contributed by atoms with Crippen molar-refractivity contribution < 1.29 is 9.90 Å². The molecule has 1 aromatic heterocycles. The summed E-state index contributed by atoms with van der Waals surface area (Å²) in [6, 6.07) is 0. The van der Waals surface area contributed by atoms with Crippen molar-refractivity contribution in [1.82, 2.24) is 9.97 Å². The van der Waals surface area contributed by atoms with Crippen molar-refractivity contribution in [2.45, 2.75) is 11.4 Å². The lowest BCUT2D eigenvalue weighted by molar-refractivity contribution is -0.136. The Hall–Kier alpha value is -0.970. The number of H-pyrrole nitrogens is 1. The number of hydrogen-bond donors (Lipinski definition) is 3. The Morgan fingerprint density at radius 2 is 2.60 bits per heavy atom. The molecule has 0 fully saturated rings. The zero-order valence-electron chi connectivity index (χ0n) is 5.03. The maximum Gasteiger partial charge on any atom is 0.311 e. The Labute approximate surface area is 62.7 Å². The fourth-order valence-corrected chi connectivity index (χ4v) is 0.771. The second-order valence-corrected chi connectivity index (χ2v) is 2.27. The highest BCUT2D eigenvalue weighted by atomic mass is 32.1. The summed E-state index contributed by atoms with van der Waals surface area (Å²) in [5.74, 6) is -0.472. The first kappa shape index (κ1) is 7.14. The molecule has 0 spiro atoms. The number of aromatic nitrogens is 2. The number of aliphatic carboxylic acids is 1. The van der Waals surface area contributed by atoms with E-state index < -0.39 is 5.97 Å². The minimum absolute atomic E-state index is 0.0828. The van der Waals surface area contributed by atoms with Crippen LogP contribution in [-0.2, 0) is 11.2 Å². The van der Waals surface area contributed by atoms with Crippen molar-refractivity contribution in [3.8, 4) is 0 Å². The van der Waals surface area contributed by atoms with E-state index in [-0.39, 0.29) is 6.42 Å². The zero-order valence-corrected chi connectivity index (χ0v) is 5.93. The van der Waals surface area contributed by atoms with E-state index >= 15 is 0 Å². The van der Waals surface area contributed by atoms with Crippen LogP contribution in [0.1, 0.15) is 5.82 Å². The number of rotatable bonds is 2. The smallest absolute Gasteiger partial charge is 0.311 e. The molecule has 0 aliphatic rings. The van der Waals surface area contributed by atoms with Gasteiger partial charge in [0.05, 0.1) is 11.2 Å². The highest BCUT2D eigenvalue weighted by molar-refractivity contribution is 7.80. The lowest BCUT2D eigenvalue weighted by atomic mass is 10.4. The van der Waals surface area contributed by atoms with Crippen LogP contribution in [0.2, 0.25) is 0 Å². The van der Waals surface area contributed by atoms with Gasteiger partial charge in [0.15, 0.2) is 0 Å². The lowest BCUT2D eigenvalue weighted by Crippen LogP contribution is -2.01. The molecule has 54 valence electrons. The molecule has 10 heavy (non-hydrogen) atoms. The first-order chi connectivity index (χ1) is 4.68. The number of carbonyl (C=O) groups is 1. The van der Waals surface area contributed by atoms with Gasteiger partial charge in [0.2, 0.25) is 0 Å². The second-order valence-electron chi connectivity index (χ2n) is 1.79. The minimum Gasteiger partial charge on any atom is -0.481 e. The highest BCUT2D eigenvalue weighted by Gasteiger charge is 2.02. The maximum absolute atomic E-state index is 10.1. The van der Waals surface area contributed by atoms with E-state index in [1.807, 2.05) is 0 Å². The van der Waals surface area contributed by atoms with E-state index in [0.29, 0.717) is 10.9 Å². The number of imidazole rings is 1. The molecule has 4 nitrogen and oxygen atoms in total. The molecule has 1 heterocycles. The minimum atomic E-state index is -0.900. The Bertz CT molecular complexity index is 246. The van der Waals surface area contributed by atoms with E-state index in [0.717, 1.165) is 0 Å². The normalized spacial score (nSPS) is 9.70. The molecule has 0 saturated heterocycles. The van der Waals surface area contributed by atoms with Crippen LogP contribution in [0.5, 0.6) is 0 Å². The van der Waals surface area contributed by atoms with Gasteiger partial charge in [-0.15, -0.1) is 12.6 Å². The molecule has 0 aliphatic carbocycles. The summed E-state index contributed by atoms with van der Waals surface area (Å²) in [6.07, 6.45) is 1.39. The number of nitrogens with one attached hydrogen (secondary N) is 1. The van der Waals surface area contributed by atoms with E-state index in [1.165, 1.54) is 6.20 Å². The third kappa shape index (κ3) is 1.77. The van der Waals surface area contributed by atoms with Crippen LogP contribution in [0.4, 0.5) is 0 Å². The second kappa shape index (κ2) is 2.74. The molecule has 0 aromatic carbocycles. The average Bonchev–Trinajstić information content (AvgIpc) is 2.13. The summed E-state index contributed by atoms with van der Waals surface area (Å²) in [5.41, 5.74) is 0. The molecule has 0 atom stereocenters. The van der Waals surface area contributed by atoms with E-state index in [4.69, 9.17) is 5.11 Å². The largest absolute Gasteiger partial charge is 0.481 e. The Balaban J connectivity index is 2.67. The fraction of sp³-hybridized carbons (Fsp3) is 0.200. The van der Waals surface area contributed by atoms with Crippen molar-refractivity contribution in [2.75, 3.05) is 0 Å². The van der Waals surface area contributed by atoms with Crippen molar-refractivity contribution in [3.05, 3.63) is 12.0 Å². The van der Waals surface area contributed by atoms with Gasteiger partial charge in [-0.3, -0.25) is 4.79 Å². The molecule has 2 N–H and O–H groups in total. The van der Waals surface area contributed by atoms with Gasteiger partial charge in [-0.2, -0.15) is 0 Å². The number of nitrogens with zero attached hydrogens (tertiary/aromatic N) is 1. The molecule has 0 bridgehead atoms. The lowest BCUT2D eigenvalue weighted by Gasteiger charge is -1.86. The van der Waals surface area contributed by atoms with Gasteiger partial charge in [-0.05, 0) is 0 Å². The van der Waals surface area contributed by atoms with Crippen LogP contribution in [0, 0.1) is 0 Å². The summed E-state index contributed by atoms with van der Waals surface area (Å²) < 4.78 is 0. The Kier molecular flexibility index (Phi) is 1.96. The molecule has 0 saturated carbocycles. The molecule has 0 radical (unpaired) electrons. The number of thiol groups is 1. The van der Waals surface area contributed by atoms with Crippen LogP contribution < -0.4 is 0 Å². The van der Waals surface area contributed by atoms with E-state index in [9.17, 15) is 4.79 Å². The predicted molar refractivity (Wildman–Crippen MR) is 37.2 cm³/mol. The zero-order chi connectivity index (χ0) is 7.56. The first-order valence-corrected chi connectivity index (χ1v) is 3.08. The third-order valence-electron chi connectivity index (χ3n) is 0.934. The van der Waals surface area contributed by atoms with Gasteiger partial charge < -0.3 is 10.1 Å². The summed E-state index contributed by atoms with van der Waals surface area (Å²) in [7, 11) is 0. The quantitative estimate of drug-likeness (QED) is 0.543. The molecule has 0 aliphatic heterocycles. The van der Waals surface area contributed by atoms with Crippen molar-refractivity contribution in [3.63, 3.8) is 0 Å². The molecule has 1 aromatic rings. The molecule has 5 heteroatoms. The number of carboxylic acid groups (broad SMARTS) is 1. The summed E-state index contributed by atoms with van der Waals surface area (Å²) >= 11 is 3.92. The van der Waals surface area contributed by atoms with E-state index in [1.54, 1.807) is 0 Å². The van der Waals surface area contributed by atoms with Gasteiger partial charge in [0.1, 0.15) is 12.2 Å². The van der Waals surface area contributed by atoms with Crippen LogP contribution >= 0.6 is 12.6 Å². The van der Waals surface area contributed by atoms with Crippen LogP contribution in [0.15, 0.2) is 11.2 Å². The van der Waals surface area contributed by atoms with Crippen molar-refractivity contribution in [2.24, 2.45) is 0 Å². The van der Waals surface area contributed by atoms with Crippen LogP contribution in [0.25, 0.3) is 0 Å². The topological polar surface area (TPSA) is 66.0 Å². The monoisotopic (exact) mass is 158 g/mol. The number of carboxylic acids is 1. The average molecular weight is 158 g/mol. The van der Waals surface area contributed by atoms with Gasteiger partial charge >= 0.3 is 5.97 Å². The highest BCUT2D eigenvalue weighted by Crippen LogP contribution is 2.01. The standard InChI is InChI=1S/C5H6N2O2S/c8-5(9)1-3-6-2-4(10)7-3/h2,10H,1H2,(H,6,7)(H,8,9). The SMILES string of the molecule is O=C(O)Cc1ncc(S)[nH]1. The molecular formula is C5H6N2O2S. The number of aromatic amines is 1. The van der Waals surface area contributed by atoms with E-state index in [2.05, 4.69) is 22.6 Å². The maximum atomic E-state index is 10.1. The summed E-state index contributed by atoms with van der Waals surface area (Å²) in [6.45, 7) is 0. The van der Waals surface area contributed by atoms with Crippen LogP contribution in [-0.4, -0.2) is 21.0 Å². The summed E-state index contributed by atoms with van der Waals surface area (Å²) in [4.78, 5) is 16.5. The van der Waals surface area contributed by atoms with Gasteiger partial charge in [-0.1, -0.05) is 0 Å².